The largest absolute Gasteiger partial charge is 0.384 e. The van der Waals surface area contributed by atoms with Gasteiger partial charge in [0, 0.05) is 31.5 Å². The summed E-state index contributed by atoms with van der Waals surface area (Å²) in [5.41, 5.74) is 3.47. The van der Waals surface area contributed by atoms with Crippen LogP contribution in [-0.2, 0) is 6.54 Å². The Labute approximate surface area is 217 Å². The van der Waals surface area contributed by atoms with Crippen molar-refractivity contribution in [1.82, 2.24) is 14.8 Å². The Morgan fingerprint density at radius 1 is 0.973 bits per heavy atom. The number of benzene rings is 2. The van der Waals surface area contributed by atoms with E-state index in [2.05, 4.69) is 25.8 Å². The summed E-state index contributed by atoms with van der Waals surface area (Å²) in [5.74, 6) is -0.693. The van der Waals surface area contributed by atoms with Crippen LogP contribution in [0.1, 0.15) is 35.0 Å². The van der Waals surface area contributed by atoms with Crippen LogP contribution in [0, 0.1) is 12.7 Å². The second kappa shape index (κ2) is 13.4. The van der Waals surface area contributed by atoms with Crippen LogP contribution in [-0.4, -0.2) is 60.5 Å². The molecule has 0 aliphatic carbocycles. The van der Waals surface area contributed by atoms with E-state index in [0.29, 0.717) is 30.0 Å². The van der Waals surface area contributed by atoms with Gasteiger partial charge in [0.15, 0.2) is 0 Å². The predicted octanol–water partition coefficient (Wildman–Crippen LogP) is 5.20. The van der Waals surface area contributed by atoms with Gasteiger partial charge in [0.1, 0.15) is 11.5 Å². The summed E-state index contributed by atoms with van der Waals surface area (Å²) < 4.78 is 14.0. The smallest absolute Gasteiger partial charge is 0.322 e. The van der Waals surface area contributed by atoms with Gasteiger partial charge in [0.2, 0.25) is 0 Å². The summed E-state index contributed by atoms with van der Waals surface area (Å²) >= 11 is 0. The zero-order valence-corrected chi connectivity index (χ0v) is 21.8. The van der Waals surface area contributed by atoms with Gasteiger partial charge in [-0.3, -0.25) is 9.78 Å². The van der Waals surface area contributed by atoms with Gasteiger partial charge in [0.05, 0.1) is 11.4 Å². The first-order valence-electron chi connectivity index (χ1n) is 12.3. The SMILES string of the molecule is CCNc1ccccc1NC(=O)c1ccc(CN(CCCN(C)C)C(=O)Nc2ccc(C)c(F)c2)cn1. The van der Waals surface area contributed by atoms with Crippen LogP contribution in [0.2, 0.25) is 0 Å². The predicted molar refractivity (Wildman–Crippen MR) is 147 cm³/mol. The second-order valence-electron chi connectivity index (χ2n) is 9.05. The number of para-hydroxylation sites is 2. The van der Waals surface area contributed by atoms with Crippen molar-refractivity contribution < 1.29 is 14.0 Å². The molecule has 0 atom stereocenters. The van der Waals surface area contributed by atoms with Crippen LogP contribution in [0.15, 0.2) is 60.8 Å². The minimum absolute atomic E-state index is 0.272. The minimum atomic E-state index is -0.372. The number of hydrogen-bond donors (Lipinski definition) is 3. The Bertz CT molecular complexity index is 1200. The van der Waals surface area contributed by atoms with Gasteiger partial charge >= 0.3 is 6.03 Å². The Balaban J connectivity index is 1.69. The van der Waals surface area contributed by atoms with E-state index in [1.165, 1.54) is 6.07 Å². The summed E-state index contributed by atoms with van der Waals surface area (Å²) in [5, 5.41) is 8.89. The average Bonchev–Trinajstić information content (AvgIpc) is 2.87. The fraction of sp³-hybridized carbons (Fsp3) is 0.321. The number of carbonyl (C=O) groups excluding carboxylic acids is 2. The van der Waals surface area contributed by atoms with Crippen LogP contribution >= 0.6 is 0 Å². The lowest BCUT2D eigenvalue weighted by molar-refractivity contribution is 0.102. The number of aryl methyl sites for hydroxylation is 1. The van der Waals surface area contributed by atoms with Crippen LogP contribution in [0.25, 0.3) is 0 Å². The van der Waals surface area contributed by atoms with Gasteiger partial charge in [-0.25, -0.2) is 9.18 Å². The van der Waals surface area contributed by atoms with Crippen molar-refractivity contribution in [3.05, 3.63) is 83.4 Å². The van der Waals surface area contributed by atoms with E-state index in [1.54, 1.807) is 42.3 Å². The Morgan fingerprint density at radius 3 is 2.38 bits per heavy atom. The number of amides is 3. The molecule has 8 nitrogen and oxygen atoms in total. The van der Waals surface area contributed by atoms with Crippen molar-refractivity contribution in [2.24, 2.45) is 0 Å². The monoisotopic (exact) mass is 506 g/mol. The van der Waals surface area contributed by atoms with E-state index >= 15 is 0 Å². The number of nitrogens with zero attached hydrogens (tertiary/aromatic N) is 3. The minimum Gasteiger partial charge on any atom is -0.384 e. The van der Waals surface area contributed by atoms with Gasteiger partial charge in [-0.1, -0.05) is 24.3 Å². The van der Waals surface area contributed by atoms with Crippen molar-refractivity contribution in [3.63, 3.8) is 0 Å². The molecule has 0 saturated carbocycles. The van der Waals surface area contributed by atoms with Gasteiger partial charge in [-0.2, -0.15) is 0 Å². The van der Waals surface area contributed by atoms with E-state index in [1.807, 2.05) is 45.3 Å². The molecule has 1 aromatic heterocycles. The molecule has 9 heteroatoms. The molecule has 3 rings (SSSR count). The molecule has 37 heavy (non-hydrogen) atoms. The maximum absolute atomic E-state index is 14.0. The number of hydrogen-bond acceptors (Lipinski definition) is 5. The van der Waals surface area contributed by atoms with Crippen molar-refractivity contribution >= 4 is 29.0 Å². The van der Waals surface area contributed by atoms with E-state index in [9.17, 15) is 14.0 Å². The van der Waals surface area contributed by atoms with Crippen molar-refractivity contribution in [2.45, 2.75) is 26.8 Å². The topological polar surface area (TPSA) is 89.6 Å². The Morgan fingerprint density at radius 2 is 1.73 bits per heavy atom. The van der Waals surface area contributed by atoms with E-state index in [-0.39, 0.29) is 23.4 Å². The van der Waals surface area contributed by atoms with Crippen LogP contribution in [0.3, 0.4) is 0 Å². The van der Waals surface area contributed by atoms with E-state index < -0.39 is 0 Å². The lowest BCUT2D eigenvalue weighted by Gasteiger charge is -2.24. The zero-order chi connectivity index (χ0) is 26.8. The lowest BCUT2D eigenvalue weighted by Crippen LogP contribution is -2.36. The summed E-state index contributed by atoms with van der Waals surface area (Å²) in [7, 11) is 3.95. The Kier molecular flexibility index (Phi) is 9.97. The molecule has 3 N–H and O–H groups in total. The zero-order valence-electron chi connectivity index (χ0n) is 21.8. The third-order valence-corrected chi connectivity index (χ3v) is 5.72. The van der Waals surface area contributed by atoms with Crippen LogP contribution < -0.4 is 16.0 Å². The molecule has 0 aliphatic heterocycles. The number of halogens is 1. The number of urea groups is 1. The molecule has 196 valence electrons. The van der Waals surface area contributed by atoms with E-state index in [0.717, 1.165) is 30.8 Å². The molecule has 0 radical (unpaired) electrons. The van der Waals surface area contributed by atoms with Gasteiger partial charge in [0.25, 0.3) is 5.91 Å². The molecule has 0 unspecified atom stereocenters. The number of rotatable bonds is 11. The molecule has 3 aromatic rings. The number of nitrogens with one attached hydrogen (secondary N) is 3. The van der Waals surface area contributed by atoms with Gasteiger partial charge in [-0.15, -0.1) is 0 Å². The summed E-state index contributed by atoms with van der Waals surface area (Å²) in [6, 6.07) is 15.2. The third kappa shape index (κ3) is 8.28. The van der Waals surface area contributed by atoms with Crippen molar-refractivity contribution in [1.29, 1.82) is 0 Å². The molecular formula is C28H35FN6O2. The highest BCUT2D eigenvalue weighted by Crippen LogP contribution is 2.21. The molecular weight excluding hydrogens is 471 g/mol. The quantitative estimate of drug-likeness (QED) is 0.333. The highest BCUT2D eigenvalue weighted by molar-refractivity contribution is 6.04. The average molecular weight is 507 g/mol. The Hall–Kier alpha value is -3.98. The highest BCUT2D eigenvalue weighted by atomic mass is 19.1. The molecule has 3 amide bonds. The van der Waals surface area contributed by atoms with Crippen molar-refractivity contribution in [3.8, 4) is 0 Å². The lowest BCUT2D eigenvalue weighted by atomic mass is 10.2. The van der Waals surface area contributed by atoms with Gasteiger partial charge < -0.3 is 25.8 Å². The van der Waals surface area contributed by atoms with Gasteiger partial charge in [-0.05, 0) is 82.4 Å². The summed E-state index contributed by atoms with van der Waals surface area (Å²) in [6.45, 7) is 6.01. The molecule has 2 aromatic carbocycles. The fourth-order valence-corrected chi connectivity index (χ4v) is 3.70. The third-order valence-electron chi connectivity index (χ3n) is 5.72. The number of carbonyl (C=O) groups is 2. The molecule has 0 spiro atoms. The second-order valence-corrected chi connectivity index (χ2v) is 9.05. The van der Waals surface area contributed by atoms with Crippen LogP contribution in [0.4, 0.5) is 26.2 Å². The van der Waals surface area contributed by atoms with E-state index in [4.69, 9.17) is 0 Å². The van der Waals surface area contributed by atoms with Crippen molar-refractivity contribution in [2.75, 3.05) is 49.7 Å². The summed E-state index contributed by atoms with van der Waals surface area (Å²) in [6.07, 6.45) is 2.37. The first-order chi connectivity index (χ1) is 17.8. The molecule has 0 aliphatic rings. The standard InChI is InChI=1S/C28H35FN6O2/c1-5-30-24-9-6-7-10-25(24)33-27(36)26-14-12-21(18-31-26)19-35(16-8-15-34(3)4)28(37)32-22-13-11-20(2)23(29)17-22/h6-7,9-14,17-18,30H,5,8,15-16,19H2,1-4H3,(H,32,37)(H,33,36). The maximum Gasteiger partial charge on any atom is 0.322 e. The first-order valence-corrected chi connectivity index (χ1v) is 12.3. The molecule has 1 heterocycles. The number of pyridine rings is 1. The number of aromatic nitrogens is 1. The number of anilines is 3. The fourth-order valence-electron chi connectivity index (χ4n) is 3.70. The maximum atomic E-state index is 14.0. The first kappa shape index (κ1) is 27.6. The van der Waals surface area contributed by atoms with Crippen LogP contribution in [0.5, 0.6) is 0 Å². The molecule has 0 fully saturated rings. The summed E-state index contributed by atoms with van der Waals surface area (Å²) in [4.78, 5) is 33.8. The molecule has 0 bridgehead atoms. The normalized spacial score (nSPS) is 10.8. The molecule has 0 saturated heterocycles. The highest BCUT2D eigenvalue weighted by Gasteiger charge is 2.16.